The highest BCUT2D eigenvalue weighted by molar-refractivity contribution is 5.83. The Kier molecular flexibility index (Phi) is 3.49. The van der Waals surface area contributed by atoms with Crippen molar-refractivity contribution in [3.8, 4) is 11.5 Å². The first-order valence-corrected chi connectivity index (χ1v) is 8.73. The molecule has 3 aromatic carbocycles. The van der Waals surface area contributed by atoms with Gasteiger partial charge in [0.2, 0.25) is 0 Å². The van der Waals surface area contributed by atoms with Gasteiger partial charge in [0.05, 0.1) is 11.0 Å². The SMILES string of the molecule is c1ccc(-c2nc3ccccc3n2Cc2ccc3ccccc3c2)nc1. The van der Waals surface area contributed by atoms with Crippen LogP contribution >= 0.6 is 0 Å². The fraction of sp³-hybridized carbons (Fsp3) is 0.0435. The molecule has 124 valence electrons. The average molecular weight is 335 g/mol. The van der Waals surface area contributed by atoms with E-state index in [-0.39, 0.29) is 0 Å². The maximum Gasteiger partial charge on any atom is 0.160 e. The van der Waals surface area contributed by atoms with Gasteiger partial charge in [0, 0.05) is 12.7 Å². The monoisotopic (exact) mass is 335 g/mol. The molecule has 0 aliphatic rings. The van der Waals surface area contributed by atoms with E-state index < -0.39 is 0 Å². The summed E-state index contributed by atoms with van der Waals surface area (Å²) in [5, 5.41) is 2.52. The van der Waals surface area contributed by atoms with Crippen molar-refractivity contribution in [1.82, 2.24) is 14.5 Å². The Morgan fingerprint density at radius 3 is 2.42 bits per heavy atom. The number of nitrogens with zero attached hydrogens (tertiary/aromatic N) is 3. The van der Waals surface area contributed by atoms with E-state index in [1.807, 2.05) is 30.5 Å². The summed E-state index contributed by atoms with van der Waals surface area (Å²) in [4.78, 5) is 9.35. The van der Waals surface area contributed by atoms with Crippen molar-refractivity contribution >= 4 is 21.8 Å². The zero-order valence-corrected chi connectivity index (χ0v) is 14.2. The number of imidazole rings is 1. The van der Waals surface area contributed by atoms with Crippen LogP contribution in [-0.2, 0) is 6.54 Å². The van der Waals surface area contributed by atoms with Gasteiger partial charge in [0.25, 0.3) is 0 Å². The lowest BCUT2D eigenvalue weighted by atomic mass is 10.1. The molecule has 0 radical (unpaired) electrons. The van der Waals surface area contributed by atoms with Crippen LogP contribution < -0.4 is 0 Å². The predicted octanol–water partition coefficient (Wildman–Crippen LogP) is 5.30. The molecule has 0 saturated heterocycles. The van der Waals surface area contributed by atoms with Gasteiger partial charge in [-0.15, -0.1) is 0 Å². The third-order valence-electron chi connectivity index (χ3n) is 4.70. The number of aromatic nitrogens is 3. The zero-order valence-electron chi connectivity index (χ0n) is 14.2. The molecular weight excluding hydrogens is 318 g/mol. The first-order valence-electron chi connectivity index (χ1n) is 8.73. The van der Waals surface area contributed by atoms with E-state index in [1.54, 1.807) is 0 Å². The largest absolute Gasteiger partial charge is 0.318 e. The second-order valence-electron chi connectivity index (χ2n) is 6.41. The number of fused-ring (bicyclic) bond motifs is 2. The maximum absolute atomic E-state index is 4.84. The minimum atomic E-state index is 0.761. The van der Waals surface area contributed by atoms with Gasteiger partial charge < -0.3 is 4.57 Å². The minimum absolute atomic E-state index is 0.761. The molecular formula is C23H17N3. The van der Waals surface area contributed by atoms with E-state index >= 15 is 0 Å². The summed E-state index contributed by atoms with van der Waals surface area (Å²) in [5.41, 5.74) is 4.27. The topological polar surface area (TPSA) is 30.7 Å². The van der Waals surface area contributed by atoms with Gasteiger partial charge >= 0.3 is 0 Å². The zero-order chi connectivity index (χ0) is 17.3. The first kappa shape index (κ1) is 14.8. The quantitative estimate of drug-likeness (QED) is 0.448. The molecule has 2 heterocycles. The van der Waals surface area contributed by atoms with Crippen LogP contribution in [0.2, 0.25) is 0 Å². The average Bonchev–Trinajstić information content (AvgIpc) is 3.07. The Morgan fingerprint density at radius 1 is 0.731 bits per heavy atom. The fourth-order valence-corrected chi connectivity index (χ4v) is 3.45. The Bertz CT molecular complexity index is 1210. The summed E-state index contributed by atoms with van der Waals surface area (Å²) in [5.74, 6) is 0.903. The van der Waals surface area contributed by atoms with E-state index in [2.05, 4.69) is 70.2 Å². The molecule has 0 aliphatic heterocycles. The molecule has 5 rings (SSSR count). The maximum atomic E-state index is 4.84. The lowest BCUT2D eigenvalue weighted by Crippen LogP contribution is -2.03. The van der Waals surface area contributed by atoms with Gasteiger partial charge in [-0.3, -0.25) is 4.98 Å². The smallest absolute Gasteiger partial charge is 0.160 e. The fourth-order valence-electron chi connectivity index (χ4n) is 3.45. The van der Waals surface area contributed by atoms with Crippen molar-refractivity contribution in [2.75, 3.05) is 0 Å². The van der Waals surface area contributed by atoms with E-state index in [0.29, 0.717) is 0 Å². The normalized spacial score (nSPS) is 11.2. The van der Waals surface area contributed by atoms with Gasteiger partial charge in [-0.25, -0.2) is 4.98 Å². The van der Waals surface area contributed by atoms with Crippen molar-refractivity contribution < 1.29 is 0 Å². The lowest BCUT2D eigenvalue weighted by Gasteiger charge is -2.10. The lowest BCUT2D eigenvalue weighted by molar-refractivity contribution is 0.831. The van der Waals surface area contributed by atoms with E-state index in [0.717, 1.165) is 29.1 Å². The van der Waals surface area contributed by atoms with E-state index in [4.69, 9.17) is 4.98 Å². The Labute approximate surface area is 151 Å². The number of hydrogen-bond donors (Lipinski definition) is 0. The molecule has 2 aromatic heterocycles. The Morgan fingerprint density at radius 2 is 1.54 bits per heavy atom. The van der Waals surface area contributed by atoms with Crippen LogP contribution in [-0.4, -0.2) is 14.5 Å². The van der Waals surface area contributed by atoms with Gasteiger partial charge in [-0.05, 0) is 46.7 Å². The number of rotatable bonds is 3. The third kappa shape index (κ3) is 2.54. The summed E-state index contributed by atoms with van der Waals surface area (Å²) < 4.78 is 2.25. The summed E-state index contributed by atoms with van der Waals surface area (Å²) in [6.45, 7) is 0.761. The molecule has 26 heavy (non-hydrogen) atoms. The molecule has 0 fully saturated rings. The third-order valence-corrected chi connectivity index (χ3v) is 4.70. The van der Waals surface area contributed by atoms with Gasteiger partial charge in [0.1, 0.15) is 5.69 Å². The van der Waals surface area contributed by atoms with Crippen molar-refractivity contribution in [2.45, 2.75) is 6.54 Å². The van der Waals surface area contributed by atoms with Crippen molar-refractivity contribution in [2.24, 2.45) is 0 Å². The predicted molar refractivity (Wildman–Crippen MR) is 106 cm³/mol. The summed E-state index contributed by atoms with van der Waals surface area (Å²) >= 11 is 0. The van der Waals surface area contributed by atoms with E-state index in [9.17, 15) is 0 Å². The summed E-state index contributed by atoms with van der Waals surface area (Å²) in [6, 6.07) is 29.3. The number of hydrogen-bond acceptors (Lipinski definition) is 2. The Balaban J connectivity index is 1.67. The molecule has 0 N–H and O–H groups in total. The van der Waals surface area contributed by atoms with Crippen LogP contribution in [0.1, 0.15) is 5.56 Å². The molecule has 3 nitrogen and oxygen atoms in total. The van der Waals surface area contributed by atoms with Crippen molar-refractivity contribution in [3.05, 3.63) is 96.7 Å². The molecule has 3 heteroatoms. The highest BCUT2D eigenvalue weighted by Gasteiger charge is 2.13. The molecule has 0 spiro atoms. The minimum Gasteiger partial charge on any atom is -0.318 e. The molecule has 5 aromatic rings. The highest BCUT2D eigenvalue weighted by atomic mass is 15.1. The van der Waals surface area contributed by atoms with Crippen LogP contribution in [0.15, 0.2) is 91.1 Å². The van der Waals surface area contributed by atoms with Gasteiger partial charge in [-0.1, -0.05) is 54.6 Å². The first-order chi connectivity index (χ1) is 12.9. The molecule has 0 atom stereocenters. The molecule has 0 bridgehead atoms. The highest BCUT2D eigenvalue weighted by Crippen LogP contribution is 2.25. The summed E-state index contributed by atoms with van der Waals surface area (Å²) in [6.07, 6.45) is 1.81. The molecule has 0 unspecified atom stereocenters. The van der Waals surface area contributed by atoms with Crippen molar-refractivity contribution in [1.29, 1.82) is 0 Å². The van der Waals surface area contributed by atoms with Crippen LogP contribution in [0.3, 0.4) is 0 Å². The number of pyridine rings is 1. The molecule has 0 aliphatic carbocycles. The van der Waals surface area contributed by atoms with E-state index in [1.165, 1.54) is 16.3 Å². The van der Waals surface area contributed by atoms with Crippen LogP contribution in [0.5, 0.6) is 0 Å². The van der Waals surface area contributed by atoms with Crippen LogP contribution in [0, 0.1) is 0 Å². The second-order valence-corrected chi connectivity index (χ2v) is 6.41. The van der Waals surface area contributed by atoms with Gasteiger partial charge in [-0.2, -0.15) is 0 Å². The van der Waals surface area contributed by atoms with Crippen molar-refractivity contribution in [3.63, 3.8) is 0 Å². The standard InChI is InChI=1S/C23H17N3/c1-2-8-19-15-17(12-13-18(19)7-1)16-26-22-11-4-3-9-20(22)25-23(26)21-10-5-6-14-24-21/h1-15H,16H2. The number of para-hydroxylation sites is 2. The summed E-state index contributed by atoms with van der Waals surface area (Å²) in [7, 11) is 0. The van der Waals surface area contributed by atoms with Gasteiger partial charge in [0.15, 0.2) is 5.82 Å². The molecule has 0 saturated carbocycles. The number of benzene rings is 3. The molecule has 0 amide bonds. The Hall–Kier alpha value is -3.46. The second kappa shape index (κ2) is 6.12. The van der Waals surface area contributed by atoms with Crippen LogP contribution in [0.25, 0.3) is 33.3 Å². The van der Waals surface area contributed by atoms with Crippen LogP contribution in [0.4, 0.5) is 0 Å².